The predicted molar refractivity (Wildman–Crippen MR) is 53.8 cm³/mol. The molecule has 1 rings (SSSR count). The van der Waals surface area contributed by atoms with E-state index in [1.807, 2.05) is 18.4 Å². The summed E-state index contributed by atoms with van der Waals surface area (Å²) in [5.74, 6) is 0. The van der Waals surface area contributed by atoms with Crippen molar-refractivity contribution in [2.24, 2.45) is 0 Å². The van der Waals surface area contributed by atoms with Crippen molar-refractivity contribution in [1.29, 1.82) is 0 Å². The van der Waals surface area contributed by atoms with E-state index in [1.165, 1.54) is 11.3 Å². The molecule has 0 radical (unpaired) electrons. The average molecular weight is 205 g/mol. The van der Waals surface area contributed by atoms with E-state index in [9.17, 15) is 5.11 Å². The second-order valence-corrected chi connectivity index (χ2v) is 4.44. The molecule has 1 atom stereocenters. The van der Waals surface area contributed by atoms with Gasteiger partial charge < -0.3 is 5.11 Å². The highest BCUT2D eigenvalue weighted by Crippen LogP contribution is 2.35. The number of thiophene rings is 1. The molecule has 0 spiro atoms. The lowest BCUT2D eigenvalue weighted by molar-refractivity contribution is 0.0509. The van der Waals surface area contributed by atoms with Crippen LogP contribution in [0.3, 0.4) is 0 Å². The van der Waals surface area contributed by atoms with Gasteiger partial charge in [0.05, 0.1) is 15.5 Å². The van der Waals surface area contributed by atoms with Crippen molar-refractivity contribution in [1.82, 2.24) is 0 Å². The fourth-order valence-electron chi connectivity index (χ4n) is 1.28. The number of hydrogen-bond donors (Lipinski definition) is 1. The molecule has 1 N–H and O–H groups in total. The van der Waals surface area contributed by atoms with Gasteiger partial charge in [-0.25, -0.2) is 0 Å². The van der Waals surface area contributed by atoms with Crippen molar-refractivity contribution in [3.63, 3.8) is 0 Å². The zero-order valence-corrected chi connectivity index (χ0v) is 8.87. The molecule has 0 aliphatic heterocycles. The van der Waals surface area contributed by atoms with Crippen LogP contribution in [0.2, 0.25) is 5.02 Å². The molecule has 12 heavy (non-hydrogen) atoms. The first kappa shape index (κ1) is 10.0. The van der Waals surface area contributed by atoms with Crippen molar-refractivity contribution in [3.8, 4) is 0 Å². The van der Waals surface area contributed by atoms with Crippen molar-refractivity contribution in [2.75, 3.05) is 0 Å². The smallest absolute Gasteiger partial charge is 0.0974 e. The maximum atomic E-state index is 9.98. The highest BCUT2D eigenvalue weighted by molar-refractivity contribution is 7.10. The molecule has 1 aromatic rings. The summed E-state index contributed by atoms with van der Waals surface area (Å²) < 4.78 is 0. The average Bonchev–Trinajstić information content (AvgIpc) is 2.35. The summed E-state index contributed by atoms with van der Waals surface area (Å²) in [4.78, 5) is 0.881. The van der Waals surface area contributed by atoms with Crippen LogP contribution in [0.15, 0.2) is 11.4 Å². The highest BCUT2D eigenvalue weighted by atomic mass is 35.5. The maximum absolute atomic E-state index is 9.98. The molecule has 0 bridgehead atoms. The third-order valence-electron chi connectivity index (χ3n) is 1.84. The summed E-state index contributed by atoms with van der Waals surface area (Å²) in [6, 6.07) is 1.83. The van der Waals surface area contributed by atoms with E-state index < -0.39 is 5.60 Å². The second-order valence-electron chi connectivity index (χ2n) is 3.12. The number of rotatable bonds is 3. The molecule has 1 heterocycles. The summed E-state index contributed by atoms with van der Waals surface area (Å²) in [5, 5.41) is 12.6. The fraction of sp³-hybridized carbons (Fsp3) is 0.556. The van der Waals surface area contributed by atoms with E-state index in [-0.39, 0.29) is 0 Å². The Hall–Kier alpha value is -0.0500. The van der Waals surface area contributed by atoms with Crippen LogP contribution in [0.5, 0.6) is 0 Å². The van der Waals surface area contributed by atoms with Gasteiger partial charge in [0.2, 0.25) is 0 Å². The minimum atomic E-state index is -0.750. The summed E-state index contributed by atoms with van der Waals surface area (Å²) in [7, 11) is 0. The van der Waals surface area contributed by atoms with E-state index in [4.69, 9.17) is 11.6 Å². The molecule has 0 aliphatic carbocycles. The molecular weight excluding hydrogens is 192 g/mol. The van der Waals surface area contributed by atoms with E-state index in [0.29, 0.717) is 5.02 Å². The van der Waals surface area contributed by atoms with Crippen LogP contribution in [0, 0.1) is 0 Å². The zero-order chi connectivity index (χ0) is 9.19. The van der Waals surface area contributed by atoms with Crippen molar-refractivity contribution in [2.45, 2.75) is 32.3 Å². The van der Waals surface area contributed by atoms with Crippen molar-refractivity contribution in [3.05, 3.63) is 21.3 Å². The summed E-state index contributed by atoms with van der Waals surface area (Å²) in [6.45, 7) is 3.87. The Morgan fingerprint density at radius 3 is 2.75 bits per heavy atom. The van der Waals surface area contributed by atoms with Gasteiger partial charge in [-0.15, -0.1) is 11.3 Å². The molecule has 3 heteroatoms. The molecular formula is C9H13ClOS. The maximum Gasteiger partial charge on any atom is 0.0974 e. The van der Waals surface area contributed by atoms with Gasteiger partial charge in [0, 0.05) is 0 Å². The Balaban J connectivity index is 2.88. The Morgan fingerprint density at radius 1 is 1.67 bits per heavy atom. The van der Waals surface area contributed by atoms with Gasteiger partial charge in [0.15, 0.2) is 0 Å². The molecule has 1 nitrogen and oxygen atoms in total. The van der Waals surface area contributed by atoms with Crippen molar-refractivity contribution >= 4 is 22.9 Å². The minimum Gasteiger partial charge on any atom is -0.385 e. The number of halogens is 1. The van der Waals surface area contributed by atoms with Gasteiger partial charge in [0.1, 0.15) is 0 Å². The lowest BCUT2D eigenvalue weighted by Crippen LogP contribution is -2.19. The zero-order valence-electron chi connectivity index (χ0n) is 7.30. The van der Waals surface area contributed by atoms with E-state index in [0.717, 1.165) is 17.7 Å². The van der Waals surface area contributed by atoms with Gasteiger partial charge in [0.25, 0.3) is 0 Å². The molecule has 0 aliphatic rings. The van der Waals surface area contributed by atoms with Crippen LogP contribution < -0.4 is 0 Å². The quantitative estimate of drug-likeness (QED) is 0.800. The molecule has 1 aromatic heterocycles. The Morgan fingerprint density at radius 2 is 2.33 bits per heavy atom. The molecule has 0 saturated heterocycles. The first-order valence-electron chi connectivity index (χ1n) is 4.04. The Bertz CT molecular complexity index is 255. The van der Waals surface area contributed by atoms with Crippen LogP contribution in [0.4, 0.5) is 0 Å². The first-order chi connectivity index (χ1) is 5.58. The van der Waals surface area contributed by atoms with E-state index >= 15 is 0 Å². The number of aliphatic hydroxyl groups is 1. The predicted octanol–water partition coefficient (Wildman–Crippen LogP) is 3.41. The van der Waals surface area contributed by atoms with Gasteiger partial charge in [-0.3, -0.25) is 0 Å². The Kier molecular flexibility index (Phi) is 3.16. The molecule has 0 saturated carbocycles. The molecule has 68 valence electrons. The lowest BCUT2D eigenvalue weighted by atomic mass is 9.99. The van der Waals surface area contributed by atoms with Crippen LogP contribution in [0.25, 0.3) is 0 Å². The lowest BCUT2D eigenvalue weighted by Gasteiger charge is -2.21. The minimum absolute atomic E-state index is 0.679. The Labute approximate surface area is 82.0 Å². The van der Waals surface area contributed by atoms with Crippen LogP contribution in [-0.2, 0) is 5.60 Å². The second kappa shape index (κ2) is 3.77. The number of hydrogen-bond acceptors (Lipinski definition) is 2. The summed E-state index contributed by atoms with van der Waals surface area (Å²) in [5.41, 5.74) is -0.750. The van der Waals surface area contributed by atoms with Gasteiger partial charge in [-0.05, 0) is 24.8 Å². The van der Waals surface area contributed by atoms with Crippen LogP contribution >= 0.6 is 22.9 Å². The third kappa shape index (κ3) is 2.00. The van der Waals surface area contributed by atoms with Gasteiger partial charge >= 0.3 is 0 Å². The van der Waals surface area contributed by atoms with Crippen LogP contribution in [-0.4, -0.2) is 5.11 Å². The van der Waals surface area contributed by atoms with Gasteiger partial charge in [-0.2, -0.15) is 0 Å². The fourth-order valence-corrected chi connectivity index (χ4v) is 2.63. The van der Waals surface area contributed by atoms with Crippen LogP contribution in [0.1, 0.15) is 31.6 Å². The topological polar surface area (TPSA) is 20.2 Å². The molecule has 1 unspecified atom stereocenters. The standard InChI is InChI=1S/C9H13ClOS/c1-3-5-9(2,11)8-7(10)4-6-12-8/h4,6,11H,3,5H2,1-2H3. The highest BCUT2D eigenvalue weighted by Gasteiger charge is 2.25. The summed E-state index contributed by atoms with van der Waals surface area (Å²) >= 11 is 7.42. The third-order valence-corrected chi connectivity index (χ3v) is 3.44. The first-order valence-corrected chi connectivity index (χ1v) is 5.29. The van der Waals surface area contributed by atoms with E-state index in [2.05, 4.69) is 6.92 Å². The molecule has 0 fully saturated rings. The van der Waals surface area contributed by atoms with E-state index in [1.54, 1.807) is 0 Å². The van der Waals surface area contributed by atoms with Gasteiger partial charge in [-0.1, -0.05) is 24.9 Å². The molecule has 0 amide bonds. The normalized spacial score (nSPS) is 16.0. The summed E-state index contributed by atoms with van der Waals surface area (Å²) in [6.07, 6.45) is 1.72. The SMILES string of the molecule is CCCC(C)(O)c1sccc1Cl. The largest absolute Gasteiger partial charge is 0.385 e. The van der Waals surface area contributed by atoms with Crippen molar-refractivity contribution < 1.29 is 5.11 Å². The monoisotopic (exact) mass is 204 g/mol. The molecule has 0 aromatic carbocycles.